The van der Waals surface area contributed by atoms with Gasteiger partial charge in [0.2, 0.25) is 6.41 Å². The minimum Gasteiger partial charge on any atom is -0.378 e. The van der Waals surface area contributed by atoms with Crippen LogP contribution in [0, 0.1) is 5.82 Å². The van der Waals surface area contributed by atoms with Crippen LogP contribution in [0.2, 0.25) is 0 Å². The number of hydrogen-bond acceptors (Lipinski definition) is 4. The Morgan fingerprint density at radius 3 is 2.39 bits per heavy atom. The molecule has 0 aromatic heterocycles. The molecule has 1 aromatic rings. The molecule has 1 saturated heterocycles. The second-order valence-corrected chi connectivity index (χ2v) is 7.95. The van der Waals surface area contributed by atoms with Crippen molar-refractivity contribution in [2.24, 2.45) is 5.73 Å². The zero-order valence-electron chi connectivity index (χ0n) is 18.0. The minimum atomic E-state index is -4.00. The fourth-order valence-corrected chi connectivity index (χ4v) is 3.86. The number of carbonyl (C=O) groups excluding carboxylic acids is 1. The van der Waals surface area contributed by atoms with E-state index < -0.39 is 6.18 Å². The number of aryl methyl sites for hydroxylation is 1. The van der Waals surface area contributed by atoms with Gasteiger partial charge in [0.25, 0.3) is 0 Å². The minimum absolute atomic E-state index is 0.155. The van der Waals surface area contributed by atoms with Gasteiger partial charge in [-0.15, -0.1) is 0 Å². The van der Waals surface area contributed by atoms with Crippen molar-refractivity contribution in [2.75, 3.05) is 32.8 Å². The first-order chi connectivity index (χ1) is 14.6. The average molecular weight is 446 g/mol. The lowest BCUT2D eigenvalue weighted by Crippen LogP contribution is -2.47. The summed E-state index contributed by atoms with van der Waals surface area (Å²) < 4.78 is 48.8. The highest BCUT2D eigenvalue weighted by molar-refractivity contribution is 5.51. The topological polar surface area (TPSA) is 58.8 Å². The highest BCUT2D eigenvalue weighted by Crippen LogP contribution is 2.32. The molecule has 0 aliphatic carbocycles. The molecule has 0 radical (unpaired) electrons. The van der Waals surface area contributed by atoms with Crippen LogP contribution in [0.15, 0.2) is 35.5 Å². The fourth-order valence-electron chi connectivity index (χ4n) is 3.86. The van der Waals surface area contributed by atoms with E-state index in [2.05, 4.69) is 4.90 Å². The summed E-state index contributed by atoms with van der Waals surface area (Å²) in [5.74, 6) is -0.160. The molecule has 5 nitrogen and oxygen atoms in total. The Hall–Kier alpha value is -2.13. The van der Waals surface area contributed by atoms with Gasteiger partial charge in [-0.25, -0.2) is 4.39 Å². The van der Waals surface area contributed by atoms with Gasteiger partial charge in [0.05, 0.1) is 25.8 Å². The number of benzene rings is 1. The quantitative estimate of drug-likeness (QED) is 0.572. The van der Waals surface area contributed by atoms with Crippen LogP contribution in [-0.2, 0) is 16.0 Å². The van der Waals surface area contributed by atoms with Crippen LogP contribution in [0.25, 0.3) is 0 Å². The molecule has 1 amide bonds. The van der Waals surface area contributed by atoms with E-state index in [1.54, 1.807) is 12.1 Å². The Bertz CT molecular complexity index is 731. The summed E-state index contributed by atoms with van der Waals surface area (Å²) in [5.41, 5.74) is 9.90. The molecule has 1 aromatic carbocycles. The van der Waals surface area contributed by atoms with E-state index in [0.29, 0.717) is 12.6 Å². The maximum Gasteiger partial charge on any atom is 0.386 e. The summed E-state index contributed by atoms with van der Waals surface area (Å²) in [5, 5.41) is 0. The van der Waals surface area contributed by atoms with Crippen molar-refractivity contribution in [1.82, 2.24) is 9.80 Å². The van der Waals surface area contributed by atoms with Crippen LogP contribution >= 0.6 is 0 Å². The fraction of sp³-hybridized carbons (Fsp3) is 0.591. The Balaban J connectivity index is 0.000000205. The zero-order chi connectivity index (χ0) is 23.0. The molecule has 3 heterocycles. The number of ether oxygens (including phenoxy) is 1. The Labute approximate surface area is 180 Å². The van der Waals surface area contributed by atoms with Gasteiger partial charge in [-0.1, -0.05) is 19.1 Å². The lowest BCUT2D eigenvalue weighted by molar-refractivity contribution is -0.117. The standard InChI is InChI=1S/C12H19N3O2.C8H9F.C2H3F3/c13-10-3-11(7-17-6-10)15-2-1-9-4-14(8-16)5-12(9)15;1-2-7-3-5-8(9)6-4-7;1-2(3,4)5/h8,10-11H,1-7,13H2;3-6H,2H2,1H3;1H3. The van der Waals surface area contributed by atoms with Gasteiger partial charge in [-0.2, -0.15) is 13.2 Å². The number of halogens is 4. The molecule has 0 saturated carbocycles. The van der Waals surface area contributed by atoms with E-state index in [0.717, 1.165) is 51.9 Å². The highest BCUT2D eigenvalue weighted by atomic mass is 19.4. The van der Waals surface area contributed by atoms with Crippen molar-refractivity contribution in [3.8, 4) is 0 Å². The third-order valence-corrected chi connectivity index (χ3v) is 5.28. The molecule has 31 heavy (non-hydrogen) atoms. The molecule has 1 fully saturated rings. The molecular weight excluding hydrogens is 414 g/mol. The van der Waals surface area contributed by atoms with Crippen LogP contribution in [0.1, 0.15) is 32.3 Å². The third-order valence-electron chi connectivity index (χ3n) is 5.28. The lowest BCUT2D eigenvalue weighted by atomic mass is 10.0. The number of amides is 1. The summed E-state index contributed by atoms with van der Waals surface area (Å²) in [6.45, 7) is 6.33. The van der Waals surface area contributed by atoms with Gasteiger partial charge in [-0.05, 0) is 42.5 Å². The van der Waals surface area contributed by atoms with Crippen molar-refractivity contribution in [3.05, 3.63) is 46.9 Å². The largest absolute Gasteiger partial charge is 0.386 e. The van der Waals surface area contributed by atoms with Gasteiger partial charge in [0.1, 0.15) is 5.82 Å². The monoisotopic (exact) mass is 445 g/mol. The number of hydrogen-bond donors (Lipinski definition) is 1. The van der Waals surface area contributed by atoms with Crippen LogP contribution in [0.3, 0.4) is 0 Å². The molecule has 2 N–H and O–H groups in total. The van der Waals surface area contributed by atoms with Gasteiger partial charge in [-0.3, -0.25) is 4.79 Å². The molecule has 9 heteroatoms. The van der Waals surface area contributed by atoms with Gasteiger partial charge in [0, 0.05) is 31.8 Å². The normalized spacial score (nSPS) is 22.9. The Kier molecular flexibility index (Phi) is 9.31. The molecule has 0 bridgehead atoms. The molecule has 2 atom stereocenters. The van der Waals surface area contributed by atoms with Crippen molar-refractivity contribution in [1.29, 1.82) is 0 Å². The van der Waals surface area contributed by atoms with Crippen LogP contribution in [0.4, 0.5) is 17.6 Å². The summed E-state index contributed by atoms with van der Waals surface area (Å²) in [6.07, 6.45) is 0.00314. The number of nitrogens with zero attached hydrogens (tertiary/aromatic N) is 2. The Morgan fingerprint density at radius 2 is 1.84 bits per heavy atom. The predicted octanol–water partition coefficient (Wildman–Crippen LogP) is 3.49. The zero-order valence-corrected chi connectivity index (χ0v) is 18.0. The van der Waals surface area contributed by atoms with E-state index in [1.165, 1.54) is 29.0 Å². The second-order valence-electron chi connectivity index (χ2n) is 7.95. The van der Waals surface area contributed by atoms with Gasteiger partial charge in [0.15, 0.2) is 0 Å². The second kappa shape index (κ2) is 11.5. The van der Waals surface area contributed by atoms with E-state index in [4.69, 9.17) is 10.5 Å². The number of carbonyl (C=O) groups is 1. The summed E-state index contributed by atoms with van der Waals surface area (Å²) in [4.78, 5) is 15.1. The molecule has 0 spiro atoms. The van der Waals surface area contributed by atoms with E-state index in [1.807, 2.05) is 11.8 Å². The van der Waals surface area contributed by atoms with Crippen molar-refractivity contribution in [3.63, 3.8) is 0 Å². The van der Waals surface area contributed by atoms with Crippen LogP contribution < -0.4 is 5.73 Å². The maximum atomic E-state index is 12.2. The average Bonchev–Trinajstić information content (AvgIpc) is 3.28. The first-order valence-electron chi connectivity index (χ1n) is 10.4. The summed E-state index contributed by atoms with van der Waals surface area (Å²) in [6, 6.07) is 7.13. The molecule has 3 aliphatic heterocycles. The van der Waals surface area contributed by atoms with E-state index in [-0.39, 0.29) is 18.8 Å². The number of alkyl halides is 3. The van der Waals surface area contributed by atoms with Gasteiger partial charge >= 0.3 is 6.18 Å². The number of rotatable bonds is 3. The van der Waals surface area contributed by atoms with Crippen molar-refractivity contribution in [2.45, 2.75) is 51.4 Å². The van der Waals surface area contributed by atoms with Gasteiger partial charge < -0.3 is 20.3 Å². The molecule has 3 aliphatic rings. The highest BCUT2D eigenvalue weighted by Gasteiger charge is 2.35. The van der Waals surface area contributed by atoms with Crippen LogP contribution in [-0.4, -0.2) is 67.3 Å². The smallest absolute Gasteiger partial charge is 0.378 e. The Morgan fingerprint density at radius 1 is 1.19 bits per heavy atom. The van der Waals surface area contributed by atoms with Crippen LogP contribution in [0.5, 0.6) is 0 Å². The SMILES string of the molecule is CC(F)(F)F.CCc1ccc(F)cc1.NC1COCC(N2CCC3=C2CN(C=O)C3)C1. The maximum absolute atomic E-state index is 12.2. The molecule has 174 valence electrons. The van der Waals surface area contributed by atoms with Crippen molar-refractivity contribution < 1.29 is 27.1 Å². The van der Waals surface area contributed by atoms with E-state index >= 15 is 0 Å². The summed E-state index contributed by atoms with van der Waals surface area (Å²) in [7, 11) is 0. The molecule has 4 rings (SSSR count). The first kappa shape index (κ1) is 25.1. The molecular formula is C22H31F4N3O2. The van der Waals surface area contributed by atoms with Crippen molar-refractivity contribution >= 4 is 6.41 Å². The van der Waals surface area contributed by atoms with E-state index in [9.17, 15) is 22.4 Å². The molecule has 2 unspecified atom stereocenters. The third kappa shape index (κ3) is 8.49. The number of nitrogens with two attached hydrogens (primary N) is 1. The first-order valence-corrected chi connectivity index (χ1v) is 10.4. The predicted molar refractivity (Wildman–Crippen MR) is 111 cm³/mol. The summed E-state index contributed by atoms with van der Waals surface area (Å²) >= 11 is 0. The lowest BCUT2D eigenvalue weighted by Gasteiger charge is -2.36.